The fraction of sp³-hybridized carbons (Fsp3) is 0.286. The van der Waals surface area contributed by atoms with Crippen molar-refractivity contribution in [2.75, 3.05) is 13.7 Å². The third-order valence-electron chi connectivity index (χ3n) is 5.91. The van der Waals surface area contributed by atoms with Gasteiger partial charge in [-0.25, -0.2) is 0 Å². The van der Waals surface area contributed by atoms with Crippen LogP contribution in [0.4, 0.5) is 13.2 Å². The molecule has 0 aliphatic heterocycles. The van der Waals surface area contributed by atoms with Gasteiger partial charge >= 0.3 is 12.3 Å². The Hall–Kier alpha value is -3.89. The van der Waals surface area contributed by atoms with E-state index in [1.807, 2.05) is 0 Å². The molecule has 0 aliphatic rings. The predicted molar refractivity (Wildman–Crippen MR) is 136 cm³/mol. The summed E-state index contributed by atoms with van der Waals surface area (Å²) in [6.45, 7) is 2.19. The van der Waals surface area contributed by atoms with E-state index in [0.717, 1.165) is 6.20 Å². The van der Waals surface area contributed by atoms with E-state index < -0.39 is 18.4 Å². The Kier molecular flexibility index (Phi) is 8.33. The zero-order valence-electron chi connectivity index (χ0n) is 21.0. The first-order valence-electron chi connectivity index (χ1n) is 11.9. The van der Waals surface area contributed by atoms with Crippen LogP contribution >= 0.6 is 0 Å². The number of nitrogens with zero attached hydrogens (tertiary/aromatic N) is 2. The number of alkyl halides is 3. The van der Waals surface area contributed by atoms with Gasteiger partial charge in [-0.3, -0.25) is 14.3 Å². The lowest BCUT2D eigenvalue weighted by atomic mass is 9.99. The number of pyridine rings is 1. The number of ether oxygens (including phenoxy) is 3. The maximum absolute atomic E-state index is 13.8. The normalized spacial score (nSPS) is 12.5. The first-order chi connectivity index (χ1) is 18.2. The van der Waals surface area contributed by atoms with Crippen LogP contribution in [-0.2, 0) is 40.1 Å². The van der Waals surface area contributed by atoms with Crippen molar-refractivity contribution in [3.63, 3.8) is 0 Å². The molecule has 0 amide bonds. The summed E-state index contributed by atoms with van der Waals surface area (Å²) in [7, 11) is 1.52. The zero-order valence-corrected chi connectivity index (χ0v) is 21.0. The largest absolute Gasteiger partial charge is 0.489 e. The van der Waals surface area contributed by atoms with Crippen molar-refractivity contribution >= 4 is 16.9 Å². The van der Waals surface area contributed by atoms with E-state index in [1.54, 1.807) is 55.6 Å². The van der Waals surface area contributed by atoms with Gasteiger partial charge in [0.2, 0.25) is 0 Å². The molecule has 4 rings (SSSR count). The number of rotatable bonds is 10. The highest BCUT2D eigenvalue weighted by Gasteiger charge is 2.32. The summed E-state index contributed by atoms with van der Waals surface area (Å²) in [5, 5.41) is 0.438. The van der Waals surface area contributed by atoms with Crippen molar-refractivity contribution in [2.45, 2.75) is 38.9 Å². The third-order valence-corrected chi connectivity index (χ3v) is 5.91. The molecule has 0 fully saturated rings. The Morgan fingerprint density at radius 1 is 1.13 bits per heavy atom. The molecule has 2 N–H and O–H groups in total. The summed E-state index contributed by atoms with van der Waals surface area (Å²) in [5.74, 6) is -0.00303. The van der Waals surface area contributed by atoms with Crippen LogP contribution in [0, 0.1) is 0 Å². The van der Waals surface area contributed by atoms with Crippen LogP contribution in [0.1, 0.15) is 23.7 Å². The number of halogens is 3. The molecular formula is C28H28F3N3O4. The molecule has 1 atom stereocenters. The lowest BCUT2D eigenvalue weighted by Crippen LogP contribution is -2.21. The SMILES string of the molecule is COCC(C)OC(=O)Cc1ccccc1OCc1cc(-c2ccnc(CN)c2)c2ccn(C(F)(F)F)c2c1. The van der Waals surface area contributed by atoms with Crippen LogP contribution in [0.25, 0.3) is 22.0 Å². The monoisotopic (exact) mass is 527 g/mol. The maximum atomic E-state index is 13.8. The summed E-state index contributed by atoms with van der Waals surface area (Å²) >= 11 is 0. The maximum Gasteiger partial charge on any atom is 0.488 e. The average Bonchev–Trinajstić information content (AvgIpc) is 3.32. The van der Waals surface area contributed by atoms with Gasteiger partial charge in [-0.15, -0.1) is 13.2 Å². The van der Waals surface area contributed by atoms with E-state index >= 15 is 0 Å². The second kappa shape index (κ2) is 11.7. The molecule has 2 aromatic heterocycles. The molecule has 0 radical (unpaired) electrons. The first kappa shape index (κ1) is 27.2. The highest BCUT2D eigenvalue weighted by atomic mass is 19.4. The number of nitrogens with two attached hydrogens (primary N) is 1. The molecular weight excluding hydrogens is 499 g/mol. The highest BCUT2D eigenvalue weighted by molar-refractivity contribution is 5.96. The summed E-state index contributed by atoms with van der Waals surface area (Å²) in [6, 6.07) is 15.2. The number of fused-ring (bicyclic) bond motifs is 1. The second-order valence-electron chi connectivity index (χ2n) is 8.80. The Labute approximate surface area is 217 Å². The van der Waals surface area contributed by atoms with E-state index in [0.29, 0.717) is 39.1 Å². The number of esters is 1. The average molecular weight is 528 g/mol. The molecule has 10 heteroatoms. The minimum absolute atomic E-state index is 0.00343. The minimum Gasteiger partial charge on any atom is -0.489 e. The van der Waals surface area contributed by atoms with Crippen molar-refractivity contribution in [3.8, 4) is 16.9 Å². The second-order valence-corrected chi connectivity index (χ2v) is 8.80. The molecule has 1 unspecified atom stereocenters. The third kappa shape index (κ3) is 6.32. The van der Waals surface area contributed by atoms with Crippen molar-refractivity contribution in [1.82, 2.24) is 9.55 Å². The molecule has 0 bridgehead atoms. The smallest absolute Gasteiger partial charge is 0.488 e. The summed E-state index contributed by atoms with van der Waals surface area (Å²) < 4.78 is 57.9. The Bertz CT molecular complexity index is 1420. The number of aromatic nitrogens is 2. The Morgan fingerprint density at radius 2 is 1.92 bits per heavy atom. The Balaban J connectivity index is 1.65. The van der Waals surface area contributed by atoms with Gasteiger partial charge < -0.3 is 19.9 Å². The molecule has 2 aromatic carbocycles. The summed E-state index contributed by atoms with van der Waals surface area (Å²) in [5.41, 5.74) is 8.77. The molecule has 4 aromatic rings. The molecule has 0 aliphatic carbocycles. The van der Waals surface area contributed by atoms with Crippen LogP contribution in [-0.4, -0.2) is 35.3 Å². The molecule has 38 heavy (non-hydrogen) atoms. The zero-order chi connectivity index (χ0) is 27.3. The predicted octanol–water partition coefficient (Wildman–Crippen LogP) is 5.34. The Morgan fingerprint density at radius 3 is 2.66 bits per heavy atom. The van der Waals surface area contributed by atoms with Crippen LogP contribution in [0.5, 0.6) is 5.75 Å². The quantitative estimate of drug-likeness (QED) is 0.280. The number of para-hydroxylation sites is 1. The number of carbonyl (C=O) groups is 1. The summed E-state index contributed by atoms with van der Waals surface area (Å²) in [6.07, 6.45) is -2.43. The van der Waals surface area contributed by atoms with Gasteiger partial charge in [0.05, 0.1) is 24.2 Å². The van der Waals surface area contributed by atoms with Crippen molar-refractivity contribution in [2.24, 2.45) is 5.73 Å². The van der Waals surface area contributed by atoms with E-state index in [1.165, 1.54) is 19.2 Å². The fourth-order valence-corrected chi connectivity index (χ4v) is 4.24. The standard InChI is InChI=1S/C28H28F3N3O4/c1-18(16-36-2)38-27(35)14-21-5-3-4-6-26(21)37-17-19-11-24(20-7-9-33-22(13-20)15-32)23-8-10-34(25(23)12-19)28(29,30)31/h3-13,18H,14-17,32H2,1-2H3. The van der Waals surface area contributed by atoms with Gasteiger partial charge in [0.1, 0.15) is 18.5 Å². The number of hydrogen-bond donors (Lipinski definition) is 1. The molecule has 200 valence electrons. The molecule has 0 saturated heterocycles. The minimum atomic E-state index is -4.59. The molecule has 0 saturated carbocycles. The molecule has 7 nitrogen and oxygen atoms in total. The van der Waals surface area contributed by atoms with E-state index in [9.17, 15) is 18.0 Å². The van der Waals surface area contributed by atoms with Gasteiger partial charge in [-0.05, 0) is 60.0 Å². The van der Waals surface area contributed by atoms with Gasteiger partial charge in [0, 0.05) is 37.0 Å². The van der Waals surface area contributed by atoms with Gasteiger partial charge in [-0.2, -0.15) is 0 Å². The number of benzene rings is 2. The fourth-order valence-electron chi connectivity index (χ4n) is 4.24. The van der Waals surface area contributed by atoms with Crippen molar-refractivity contribution in [3.05, 3.63) is 83.8 Å². The molecule has 0 spiro atoms. The highest BCUT2D eigenvalue weighted by Crippen LogP contribution is 2.36. The van der Waals surface area contributed by atoms with Gasteiger partial charge in [0.15, 0.2) is 0 Å². The van der Waals surface area contributed by atoms with Gasteiger partial charge in [-0.1, -0.05) is 18.2 Å². The van der Waals surface area contributed by atoms with Crippen LogP contribution in [0.3, 0.4) is 0 Å². The van der Waals surface area contributed by atoms with Gasteiger partial charge in [0.25, 0.3) is 0 Å². The lowest BCUT2D eigenvalue weighted by Gasteiger charge is -2.16. The van der Waals surface area contributed by atoms with Crippen LogP contribution < -0.4 is 10.5 Å². The number of hydrogen-bond acceptors (Lipinski definition) is 6. The molecule has 2 heterocycles. The van der Waals surface area contributed by atoms with E-state index in [2.05, 4.69) is 4.98 Å². The number of carbonyl (C=O) groups excluding carboxylic acids is 1. The summed E-state index contributed by atoms with van der Waals surface area (Å²) in [4.78, 5) is 16.6. The lowest BCUT2D eigenvalue weighted by molar-refractivity contribution is -0.200. The van der Waals surface area contributed by atoms with Crippen molar-refractivity contribution < 1.29 is 32.2 Å². The van der Waals surface area contributed by atoms with E-state index in [4.69, 9.17) is 19.9 Å². The van der Waals surface area contributed by atoms with Crippen molar-refractivity contribution in [1.29, 1.82) is 0 Å². The number of methoxy groups -OCH3 is 1. The van der Waals surface area contributed by atoms with Crippen LogP contribution in [0.15, 0.2) is 67.0 Å². The van der Waals surface area contributed by atoms with Crippen LogP contribution in [0.2, 0.25) is 0 Å². The van der Waals surface area contributed by atoms with E-state index in [-0.39, 0.29) is 36.3 Å². The first-order valence-corrected chi connectivity index (χ1v) is 11.9. The topological polar surface area (TPSA) is 88.6 Å².